The van der Waals surface area contributed by atoms with Gasteiger partial charge < -0.3 is 9.47 Å². The molecule has 1 saturated heterocycles. The largest absolute Gasteiger partial charge is 0.497 e. The van der Waals surface area contributed by atoms with Crippen LogP contribution < -0.4 is 13.8 Å². The zero-order chi connectivity index (χ0) is 13.2. The van der Waals surface area contributed by atoms with Crippen molar-refractivity contribution in [2.24, 2.45) is 0 Å². The highest BCUT2D eigenvalue weighted by Crippen LogP contribution is 2.35. The van der Waals surface area contributed by atoms with Gasteiger partial charge in [0, 0.05) is 12.6 Å². The van der Waals surface area contributed by atoms with Gasteiger partial charge in [0.1, 0.15) is 11.5 Å². The summed E-state index contributed by atoms with van der Waals surface area (Å²) in [4.78, 5) is 0. The molecule has 0 spiro atoms. The molecule has 100 valence electrons. The minimum absolute atomic E-state index is 0.197. The van der Waals surface area contributed by atoms with Crippen LogP contribution in [-0.4, -0.2) is 34.9 Å². The van der Waals surface area contributed by atoms with Crippen molar-refractivity contribution in [1.29, 1.82) is 0 Å². The smallest absolute Gasteiger partial charge is 0.235 e. The molecule has 0 aliphatic carbocycles. The lowest BCUT2D eigenvalue weighted by molar-refractivity contribution is 0.394. The Kier molecular flexibility index (Phi) is 3.65. The highest BCUT2D eigenvalue weighted by atomic mass is 32.2. The number of benzene rings is 1. The van der Waals surface area contributed by atoms with Gasteiger partial charge >= 0.3 is 0 Å². The molecule has 0 atom stereocenters. The van der Waals surface area contributed by atoms with Crippen LogP contribution in [0.3, 0.4) is 0 Å². The van der Waals surface area contributed by atoms with E-state index in [4.69, 9.17) is 9.47 Å². The quantitative estimate of drug-likeness (QED) is 0.838. The molecule has 1 heterocycles. The minimum atomic E-state index is -3.22. The normalized spacial score (nSPS) is 18.4. The third-order valence-corrected chi connectivity index (χ3v) is 4.86. The summed E-state index contributed by atoms with van der Waals surface area (Å²) in [5.74, 6) is 1.35. The van der Waals surface area contributed by atoms with Crippen LogP contribution in [0.4, 0.5) is 5.69 Å². The van der Waals surface area contributed by atoms with Crippen molar-refractivity contribution < 1.29 is 17.9 Å². The van der Waals surface area contributed by atoms with E-state index in [1.165, 1.54) is 11.4 Å². The Hall–Kier alpha value is -1.43. The van der Waals surface area contributed by atoms with Gasteiger partial charge in [0.15, 0.2) is 0 Å². The molecule has 6 heteroatoms. The van der Waals surface area contributed by atoms with E-state index in [0.717, 1.165) is 12.8 Å². The highest BCUT2D eigenvalue weighted by molar-refractivity contribution is 7.92. The maximum absolute atomic E-state index is 12.0. The summed E-state index contributed by atoms with van der Waals surface area (Å²) in [6.45, 7) is 0.505. The predicted octanol–water partition coefficient (Wildman–Crippen LogP) is 1.63. The standard InChI is InChI=1S/C12H17NO4S/c1-16-10-5-6-11(12(9-10)17-2)13-7-3-4-8-18(13,14)15/h5-6,9H,3-4,7-8H2,1-2H3. The molecule has 0 unspecified atom stereocenters. The van der Waals surface area contributed by atoms with Crippen molar-refractivity contribution >= 4 is 15.7 Å². The Bertz CT molecular complexity index is 527. The van der Waals surface area contributed by atoms with Gasteiger partial charge in [0.05, 0.1) is 25.7 Å². The first kappa shape index (κ1) is 13.0. The third-order valence-electron chi connectivity index (χ3n) is 3.00. The van der Waals surface area contributed by atoms with E-state index >= 15 is 0 Å². The minimum Gasteiger partial charge on any atom is -0.497 e. The van der Waals surface area contributed by atoms with E-state index in [2.05, 4.69) is 0 Å². The molecule has 0 aromatic heterocycles. The van der Waals surface area contributed by atoms with Gasteiger partial charge in [-0.2, -0.15) is 0 Å². The first-order valence-corrected chi connectivity index (χ1v) is 7.42. The van der Waals surface area contributed by atoms with Gasteiger partial charge in [-0.3, -0.25) is 4.31 Å². The van der Waals surface area contributed by atoms with Gasteiger partial charge in [-0.25, -0.2) is 8.42 Å². The predicted molar refractivity (Wildman–Crippen MR) is 69.9 cm³/mol. The summed E-state index contributed by atoms with van der Waals surface area (Å²) in [6, 6.07) is 5.15. The summed E-state index contributed by atoms with van der Waals surface area (Å²) in [5.41, 5.74) is 0.581. The Labute approximate surface area is 107 Å². The fourth-order valence-corrected chi connectivity index (χ4v) is 3.70. The fourth-order valence-electron chi connectivity index (χ4n) is 2.05. The fraction of sp³-hybridized carbons (Fsp3) is 0.500. The van der Waals surface area contributed by atoms with Gasteiger partial charge in [-0.15, -0.1) is 0 Å². The van der Waals surface area contributed by atoms with Crippen LogP contribution >= 0.6 is 0 Å². The van der Waals surface area contributed by atoms with E-state index in [9.17, 15) is 8.42 Å². The Morgan fingerprint density at radius 1 is 1.17 bits per heavy atom. The van der Waals surface area contributed by atoms with Crippen LogP contribution in [0.5, 0.6) is 11.5 Å². The zero-order valence-corrected chi connectivity index (χ0v) is 11.4. The topological polar surface area (TPSA) is 55.8 Å². The number of rotatable bonds is 3. The van der Waals surface area contributed by atoms with E-state index in [-0.39, 0.29) is 5.75 Å². The molecule has 0 amide bonds. The molecule has 0 radical (unpaired) electrons. The lowest BCUT2D eigenvalue weighted by Crippen LogP contribution is -2.38. The molecular formula is C12H17NO4S. The summed E-state index contributed by atoms with van der Waals surface area (Å²) >= 11 is 0. The lowest BCUT2D eigenvalue weighted by Gasteiger charge is -2.29. The maximum atomic E-state index is 12.0. The second-order valence-electron chi connectivity index (χ2n) is 4.13. The van der Waals surface area contributed by atoms with E-state index in [0.29, 0.717) is 23.7 Å². The summed E-state index contributed by atoms with van der Waals surface area (Å²) in [7, 11) is -0.132. The number of hydrogen-bond acceptors (Lipinski definition) is 4. The highest BCUT2D eigenvalue weighted by Gasteiger charge is 2.28. The van der Waals surface area contributed by atoms with Crippen LogP contribution in [0.25, 0.3) is 0 Å². The molecule has 5 nitrogen and oxygen atoms in total. The number of methoxy groups -OCH3 is 2. The van der Waals surface area contributed by atoms with Crippen LogP contribution in [0.1, 0.15) is 12.8 Å². The molecule has 0 bridgehead atoms. The van der Waals surface area contributed by atoms with Crippen molar-refractivity contribution in [2.45, 2.75) is 12.8 Å². The monoisotopic (exact) mass is 271 g/mol. The number of hydrogen-bond donors (Lipinski definition) is 0. The molecule has 18 heavy (non-hydrogen) atoms. The van der Waals surface area contributed by atoms with Crippen molar-refractivity contribution in [2.75, 3.05) is 30.8 Å². The average Bonchev–Trinajstić information content (AvgIpc) is 2.37. The van der Waals surface area contributed by atoms with E-state index in [1.807, 2.05) is 0 Å². The van der Waals surface area contributed by atoms with Crippen LogP contribution in [-0.2, 0) is 10.0 Å². The molecule has 1 aromatic rings. The van der Waals surface area contributed by atoms with Crippen molar-refractivity contribution in [1.82, 2.24) is 0 Å². The lowest BCUT2D eigenvalue weighted by atomic mass is 10.2. The van der Waals surface area contributed by atoms with Crippen LogP contribution in [0.2, 0.25) is 0 Å². The summed E-state index contributed by atoms with van der Waals surface area (Å²) in [5, 5.41) is 0. The molecular weight excluding hydrogens is 254 g/mol. The van der Waals surface area contributed by atoms with Gasteiger partial charge in [-0.1, -0.05) is 0 Å². The number of sulfonamides is 1. The molecule has 1 aliphatic heterocycles. The number of anilines is 1. The number of nitrogens with zero attached hydrogens (tertiary/aromatic N) is 1. The second-order valence-corrected chi connectivity index (χ2v) is 6.15. The maximum Gasteiger partial charge on any atom is 0.235 e. The molecule has 1 fully saturated rings. The molecule has 1 aromatic carbocycles. The summed E-state index contributed by atoms with van der Waals surface area (Å²) < 4.78 is 35.9. The molecule has 2 rings (SSSR count). The van der Waals surface area contributed by atoms with E-state index < -0.39 is 10.0 Å². The SMILES string of the molecule is COc1ccc(N2CCCCS2(=O)=O)c(OC)c1. The van der Waals surface area contributed by atoms with Gasteiger partial charge in [0.25, 0.3) is 0 Å². The third kappa shape index (κ3) is 2.38. The first-order chi connectivity index (χ1) is 8.58. The number of ether oxygens (including phenoxy) is 2. The van der Waals surface area contributed by atoms with Crippen LogP contribution in [0.15, 0.2) is 18.2 Å². The Morgan fingerprint density at radius 3 is 2.56 bits per heavy atom. The molecule has 0 saturated carbocycles. The second kappa shape index (κ2) is 5.06. The Morgan fingerprint density at radius 2 is 1.94 bits per heavy atom. The van der Waals surface area contributed by atoms with E-state index in [1.54, 1.807) is 25.3 Å². The van der Waals surface area contributed by atoms with Crippen LogP contribution in [0, 0.1) is 0 Å². The average molecular weight is 271 g/mol. The zero-order valence-electron chi connectivity index (χ0n) is 10.5. The van der Waals surface area contributed by atoms with Crippen molar-refractivity contribution in [3.63, 3.8) is 0 Å². The Balaban J connectivity index is 2.43. The van der Waals surface area contributed by atoms with Gasteiger partial charge in [-0.05, 0) is 25.0 Å². The summed E-state index contributed by atoms with van der Waals surface area (Å²) in [6.07, 6.45) is 1.59. The van der Waals surface area contributed by atoms with Crippen molar-refractivity contribution in [3.8, 4) is 11.5 Å². The van der Waals surface area contributed by atoms with Gasteiger partial charge in [0.2, 0.25) is 10.0 Å². The molecule has 0 N–H and O–H groups in total. The van der Waals surface area contributed by atoms with Crippen molar-refractivity contribution in [3.05, 3.63) is 18.2 Å². The first-order valence-electron chi connectivity index (χ1n) is 5.81. The molecule has 1 aliphatic rings.